The first-order valence-electron chi connectivity index (χ1n) is 9.55. The molecule has 0 amide bonds. The quantitative estimate of drug-likeness (QED) is 0.402. The molecule has 4 aromatic heterocycles. The Morgan fingerprint density at radius 1 is 1.21 bits per heavy atom. The molecule has 0 unspecified atom stereocenters. The second-order valence-corrected chi connectivity index (χ2v) is 8.33. The maximum atomic E-state index is 9.45. The molecule has 29 heavy (non-hydrogen) atoms. The molecule has 1 aliphatic rings. The molecule has 0 radical (unpaired) electrons. The summed E-state index contributed by atoms with van der Waals surface area (Å²) in [5, 5.41) is 24.2. The molecule has 0 aliphatic heterocycles. The van der Waals surface area contributed by atoms with E-state index in [-0.39, 0.29) is 11.8 Å². The number of anilines is 1. The van der Waals surface area contributed by atoms with E-state index in [1.165, 1.54) is 0 Å². The molecular weight excluding hydrogens is 438 g/mol. The lowest BCUT2D eigenvalue weighted by molar-refractivity contribution is -0.0938. The highest BCUT2D eigenvalue weighted by Gasteiger charge is 2.30. The van der Waals surface area contributed by atoms with Crippen molar-refractivity contribution in [3.8, 4) is 11.3 Å². The normalized spacial score (nSPS) is 20.1. The van der Waals surface area contributed by atoms with Crippen LogP contribution in [0.3, 0.4) is 0 Å². The first-order chi connectivity index (χ1) is 14.0. The zero-order chi connectivity index (χ0) is 20.1. The molecule has 1 fully saturated rings. The Morgan fingerprint density at radius 3 is 2.72 bits per heavy atom. The predicted molar refractivity (Wildman–Crippen MR) is 111 cm³/mol. The van der Waals surface area contributed by atoms with Crippen LogP contribution in [0.2, 0.25) is 0 Å². The van der Waals surface area contributed by atoms with Gasteiger partial charge in [0.2, 0.25) is 0 Å². The van der Waals surface area contributed by atoms with Gasteiger partial charge in [0.1, 0.15) is 17.2 Å². The highest BCUT2D eigenvalue weighted by Crippen LogP contribution is 2.41. The third-order valence-electron chi connectivity index (χ3n) is 5.81. The van der Waals surface area contributed by atoms with Crippen LogP contribution in [0.4, 0.5) is 5.82 Å². The standard InChI is InChI=1S/C20H20BrN5O3/c21-16-17(10-1-3-11(4-2-10)20(27)28)25-19-13(9-24-26(19)18(16)22)15-7-12-8-23-6-5-14(12)29-15/h5-11,20,27-28H,1-4,22H2. The minimum atomic E-state index is -1.26. The van der Waals surface area contributed by atoms with Crippen LogP contribution in [0, 0.1) is 5.92 Å². The summed E-state index contributed by atoms with van der Waals surface area (Å²) < 4.78 is 8.32. The monoisotopic (exact) mass is 457 g/mol. The van der Waals surface area contributed by atoms with Gasteiger partial charge in [0.05, 0.1) is 21.9 Å². The Labute approximate surface area is 174 Å². The predicted octanol–water partition coefficient (Wildman–Crippen LogP) is 3.47. The first kappa shape index (κ1) is 18.5. The molecule has 4 heterocycles. The first-order valence-corrected chi connectivity index (χ1v) is 10.3. The van der Waals surface area contributed by atoms with Gasteiger partial charge in [-0.05, 0) is 53.7 Å². The summed E-state index contributed by atoms with van der Waals surface area (Å²) in [7, 11) is 0. The Morgan fingerprint density at radius 2 is 2.00 bits per heavy atom. The van der Waals surface area contributed by atoms with Crippen molar-refractivity contribution in [1.82, 2.24) is 19.6 Å². The van der Waals surface area contributed by atoms with Crippen LogP contribution in [-0.4, -0.2) is 36.1 Å². The molecule has 9 heteroatoms. The number of aliphatic hydroxyl groups is 2. The molecule has 4 aromatic rings. The molecule has 0 bridgehead atoms. The van der Waals surface area contributed by atoms with Crippen molar-refractivity contribution in [1.29, 1.82) is 0 Å². The molecule has 5 rings (SSSR count). The van der Waals surface area contributed by atoms with Crippen molar-refractivity contribution in [2.45, 2.75) is 37.9 Å². The number of aliphatic hydroxyl groups excluding tert-OH is 1. The molecule has 4 N–H and O–H groups in total. The second-order valence-electron chi connectivity index (χ2n) is 7.54. The number of nitrogens with zero attached hydrogens (tertiary/aromatic N) is 4. The van der Waals surface area contributed by atoms with Gasteiger partial charge in [0.25, 0.3) is 0 Å². The fourth-order valence-electron chi connectivity index (χ4n) is 4.17. The maximum absolute atomic E-state index is 9.45. The summed E-state index contributed by atoms with van der Waals surface area (Å²) in [6.07, 6.45) is 7.02. The van der Waals surface area contributed by atoms with E-state index in [4.69, 9.17) is 15.1 Å². The van der Waals surface area contributed by atoms with E-state index >= 15 is 0 Å². The Hall–Kier alpha value is -2.49. The van der Waals surface area contributed by atoms with Gasteiger partial charge in [-0.25, -0.2) is 4.98 Å². The van der Waals surface area contributed by atoms with Crippen molar-refractivity contribution in [2.24, 2.45) is 5.92 Å². The number of aromatic nitrogens is 4. The average Bonchev–Trinajstić information content (AvgIpc) is 3.34. The molecular formula is C20H20BrN5O3. The Bertz CT molecular complexity index is 1160. The molecule has 1 aliphatic carbocycles. The number of nitrogens with two attached hydrogens (primary N) is 1. The summed E-state index contributed by atoms with van der Waals surface area (Å²) in [4.78, 5) is 9.04. The van der Waals surface area contributed by atoms with Crippen LogP contribution in [0.25, 0.3) is 27.9 Å². The fraction of sp³-hybridized carbons (Fsp3) is 0.350. The number of hydrogen-bond acceptors (Lipinski definition) is 7. The fourth-order valence-corrected chi connectivity index (χ4v) is 4.75. The molecule has 0 aromatic carbocycles. The topological polar surface area (TPSA) is 123 Å². The van der Waals surface area contributed by atoms with E-state index in [2.05, 4.69) is 26.0 Å². The van der Waals surface area contributed by atoms with Gasteiger partial charge in [-0.2, -0.15) is 9.61 Å². The largest absolute Gasteiger partial charge is 0.456 e. The van der Waals surface area contributed by atoms with E-state index in [0.717, 1.165) is 52.4 Å². The summed E-state index contributed by atoms with van der Waals surface area (Å²) in [6.45, 7) is 0. The van der Waals surface area contributed by atoms with E-state index in [1.54, 1.807) is 23.1 Å². The van der Waals surface area contributed by atoms with Crippen LogP contribution in [0.5, 0.6) is 0 Å². The molecule has 150 valence electrons. The molecule has 8 nitrogen and oxygen atoms in total. The molecule has 1 saturated carbocycles. The number of pyridine rings is 1. The Kier molecular flexibility index (Phi) is 4.53. The third kappa shape index (κ3) is 3.09. The van der Waals surface area contributed by atoms with Crippen LogP contribution in [0.15, 0.2) is 39.6 Å². The van der Waals surface area contributed by atoms with Crippen molar-refractivity contribution in [3.05, 3.63) is 40.9 Å². The van der Waals surface area contributed by atoms with Gasteiger partial charge < -0.3 is 20.4 Å². The van der Waals surface area contributed by atoms with Crippen LogP contribution < -0.4 is 5.73 Å². The minimum Gasteiger partial charge on any atom is -0.456 e. The smallest absolute Gasteiger partial charge is 0.168 e. The number of hydrogen-bond donors (Lipinski definition) is 3. The lowest BCUT2D eigenvalue weighted by Gasteiger charge is -2.29. The summed E-state index contributed by atoms with van der Waals surface area (Å²) in [6, 6.07) is 3.75. The van der Waals surface area contributed by atoms with Crippen LogP contribution >= 0.6 is 15.9 Å². The van der Waals surface area contributed by atoms with Crippen molar-refractivity contribution in [2.75, 3.05) is 5.73 Å². The number of fused-ring (bicyclic) bond motifs is 2. The SMILES string of the molecule is Nc1c(Br)c(C2CCC(C(O)O)CC2)nc2c(-c3cc4cnccc4o3)cnn12. The number of furan rings is 1. The van der Waals surface area contributed by atoms with Crippen molar-refractivity contribution in [3.63, 3.8) is 0 Å². The van der Waals surface area contributed by atoms with Crippen molar-refractivity contribution < 1.29 is 14.6 Å². The minimum absolute atomic E-state index is 0.0826. The van der Waals surface area contributed by atoms with E-state index in [0.29, 0.717) is 17.2 Å². The highest BCUT2D eigenvalue weighted by molar-refractivity contribution is 9.10. The van der Waals surface area contributed by atoms with Crippen molar-refractivity contribution >= 4 is 38.4 Å². The molecule has 0 saturated heterocycles. The zero-order valence-electron chi connectivity index (χ0n) is 15.5. The lowest BCUT2D eigenvalue weighted by Crippen LogP contribution is -2.25. The van der Waals surface area contributed by atoms with Gasteiger partial charge in [0, 0.05) is 29.6 Å². The summed E-state index contributed by atoms with van der Waals surface area (Å²) >= 11 is 3.60. The van der Waals surface area contributed by atoms with Gasteiger partial charge in [0.15, 0.2) is 11.9 Å². The second kappa shape index (κ2) is 7.08. The van der Waals surface area contributed by atoms with Gasteiger partial charge in [-0.15, -0.1) is 0 Å². The number of halogens is 1. The van der Waals surface area contributed by atoms with Crippen LogP contribution in [0.1, 0.15) is 37.3 Å². The lowest BCUT2D eigenvalue weighted by atomic mass is 9.80. The maximum Gasteiger partial charge on any atom is 0.168 e. The molecule has 0 spiro atoms. The third-order valence-corrected chi connectivity index (χ3v) is 6.62. The molecule has 0 atom stereocenters. The number of nitrogen functional groups attached to an aromatic ring is 1. The van der Waals surface area contributed by atoms with Gasteiger partial charge >= 0.3 is 0 Å². The average molecular weight is 458 g/mol. The highest BCUT2D eigenvalue weighted by atomic mass is 79.9. The summed E-state index contributed by atoms with van der Waals surface area (Å²) in [5.74, 6) is 1.25. The van der Waals surface area contributed by atoms with Gasteiger partial charge in [-0.1, -0.05) is 0 Å². The van der Waals surface area contributed by atoms with Crippen LogP contribution in [-0.2, 0) is 0 Å². The number of rotatable bonds is 3. The van der Waals surface area contributed by atoms with E-state index < -0.39 is 6.29 Å². The zero-order valence-corrected chi connectivity index (χ0v) is 17.1. The van der Waals surface area contributed by atoms with E-state index in [1.807, 2.05) is 12.1 Å². The van der Waals surface area contributed by atoms with Gasteiger partial charge in [-0.3, -0.25) is 4.98 Å². The summed E-state index contributed by atoms with van der Waals surface area (Å²) in [5.41, 5.74) is 9.39. The Balaban J connectivity index is 1.58. The van der Waals surface area contributed by atoms with E-state index in [9.17, 15) is 10.2 Å².